The monoisotopic (exact) mass is 371 g/mol. The van der Waals surface area contributed by atoms with E-state index >= 15 is 0 Å². The number of carbonyl (C=O) groups excluding carboxylic acids is 1. The average Bonchev–Trinajstić information content (AvgIpc) is 3.28. The van der Waals surface area contributed by atoms with Gasteiger partial charge in [0.25, 0.3) is 0 Å². The summed E-state index contributed by atoms with van der Waals surface area (Å²) in [7, 11) is 0. The lowest BCUT2D eigenvalue weighted by molar-refractivity contribution is -0.114. The molecule has 26 heavy (non-hydrogen) atoms. The van der Waals surface area contributed by atoms with Crippen molar-refractivity contribution in [1.82, 2.24) is 14.6 Å². The predicted molar refractivity (Wildman–Crippen MR) is 103 cm³/mol. The van der Waals surface area contributed by atoms with Gasteiger partial charge in [-0.1, -0.05) is 11.6 Å². The molecule has 3 aromatic rings. The quantitative estimate of drug-likeness (QED) is 0.548. The van der Waals surface area contributed by atoms with E-state index in [4.69, 9.17) is 17.3 Å². The largest absolute Gasteiger partial charge is 0.382 e. The van der Waals surface area contributed by atoms with Crippen molar-refractivity contribution < 1.29 is 4.79 Å². The van der Waals surface area contributed by atoms with Gasteiger partial charge in [-0.05, 0) is 31.0 Å². The van der Waals surface area contributed by atoms with E-state index in [9.17, 15) is 4.79 Å². The highest BCUT2D eigenvalue weighted by Gasteiger charge is 2.23. The number of aromatic nitrogens is 3. The Labute approximate surface area is 154 Å². The van der Waals surface area contributed by atoms with E-state index in [0.29, 0.717) is 39.7 Å². The Hall–Kier alpha value is -3.00. The van der Waals surface area contributed by atoms with E-state index in [2.05, 4.69) is 26.0 Å². The Morgan fingerprint density at radius 1 is 1.27 bits per heavy atom. The molecule has 0 radical (unpaired) electrons. The lowest BCUT2D eigenvalue weighted by atomic mass is 10.2. The first kappa shape index (κ1) is 16.5. The molecule has 1 fully saturated rings. The highest BCUT2D eigenvalue weighted by atomic mass is 35.5. The zero-order chi connectivity index (χ0) is 18.3. The van der Waals surface area contributed by atoms with E-state index in [0.717, 1.165) is 18.5 Å². The number of halogens is 1. The van der Waals surface area contributed by atoms with Crippen molar-refractivity contribution in [1.29, 1.82) is 0 Å². The molecule has 2 heterocycles. The molecule has 1 saturated carbocycles. The summed E-state index contributed by atoms with van der Waals surface area (Å²) in [4.78, 5) is 15.6. The van der Waals surface area contributed by atoms with Crippen LogP contribution in [0.1, 0.15) is 19.8 Å². The van der Waals surface area contributed by atoms with Gasteiger partial charge in [-0.2, -0.15) is 4.52 Å². The second-order valence-electron chi connectivity index (χ2n) is 6.32. The molecule has 0 atom stereocenters. The fraction of sp³-hybridized carbons (Fsp3) is 0.235. The zero-order valence-electron chi connectivity index (χ0n) is 14.1. The number of anilines is 5. The number of rotatable bonds is 5. The van der Waals surface area contributed by atoms with Crippen molar-refractivity contribution in [2.24, 2.45) is 0 Å². The van der Waals surface area contributed by atoms with E-state index in [1.54, 1.807) is 28.9 Å². The van der Waals surface area contributed by atoms with Crippen LogP contribution in [0.2, 0.25) is 5.02 Å². The molecule has 134 valence electrons. The number of fused-ring (bicyclic) bond motifs is 1. The van der Waals surface area contributed by atoms with Gasteiger partial charge in [0.1, 0.15) is 5.82 Å². The minimum Gasteiger partial charge on any atom is -0.382 e. The standard InChI is InChI=1S/C17H18ClN7O/c1-9(26)21-12-4-10(18)5-13(6-12)23-16-7-14(22-11-2-3-11)17-20-8-15(19)25(17)24-16/h4-8,11,22H,2-3,19H2,1H3,(H,21,26)(H,23,24). The fourth-order valence-electron chi connectivity index (χ4n) is 2.69. The van der Waals surface area contributed by atoms with E-state index in [-0.39, 0.29) is 5.91 Å². The minimum absolute atomic E-state index is 0.167. The van der Waals surface area contributed by atoms with Gasteiger partial charge >= 0.3 is 0 Å². The number of hydrogen-bond donors (Lipinski definition) is 4. The van der Waals surface area contributed by atoms with Gasteiger partial charge in [0, 0.05) is 35.4 Å². The number of nitrogens with one attached hydrogen (secondary N) is 3. The van der Waals surface area contributed by atoms with Crippen molar-refractivity contribution in [2.45, 2.75) is 25.8 Å². The van der Waals surface area contributed by atoms with Gasteiger partial charge in [-0.3, -0.25) is 4.79 Å². The SMILES string of the molecule is CC(=O)Nc1cc(Cl)cc(Nc2cc(NC3CC3)c3ncc(N)n3n2)c1. The third kappa shape index (κ3) is 3.50. The van der Waals surface area contributed by atoms with Crippen LogP contribution in [0.5, 0.6) is 0 Å². The normalized spacial score (nSPS) is 13.6. The van der Waals surface area contributed by atoms with Crippen molar-refractivity contribution in [3.8, 4) is 0 Å². The summed E-state index contributed by atoms with van der Waals surface area (Å²) in [6, 6.07) is 7.57. The minimum atomic E-state index is -0.167. The first-order chi connectivity index (χ1) is 12.5. The molecule has 1 aliphatic carbocycles. The van der Waals surface area contributed by atoms with Gasteiger partial charge in [0.15, 0.2) is 11.5 Å². The number of amides is 1. The van der Waals surface area contributed by atoms with E-state index in [1.165, 1.54) is 6.92 Å². The molecule has 0 bridgehead atoms. The lowest BCUT2D eigenvalue weighted by Gasteiger charge is -2.12. The van der Waals surface area contributed by atoms with Crippen LogP contribution in [0.3, 0.4) is 0 Å². The zero-order valence-corrected chi connectivity index (χ0v) is 14.8. The molecule has 0 unspecified atom stereocenters. The smallest absolute Gasteiger partial charge is 0.221 e. The molecule has 8 nitrogen and oxygen atoms in total. The van der Waals surface area contributed by atoms with E-state index < -0.39 is 0 Å². The number of imidazole rings is 1. The summed E-state index contributed by atoms with van der Waals surface area (Å²) in [5, 5.41) is 14.4. The molecule has 4 rings (SSSR count). The molecule has 1 aromatic carbocycles. The molecule has 0 spiro atoms. The maximum atomic E-state index is 11.3. The lowest BCUT2D eigenvalue weighted by Crippen LogP contribution is -2.08. The molecule has 2 aromatic heterocycles. The number of carbonyl (C=O) groups is 1. The number of nitrogens with two attached hydrogens (primary N) is 1. The molecule has 0 aliphatic heterocycles. The topological polar surface area (TPSA) is 109 Å². The third-order valence-electron chi connectivity index (χ3n) is 3.92. The Bertz CT molecular complexity index is 996. The molecule has 1 amide bonds. The first-order valence-corrected chi connectivity index (χ1v) is 8.62. The summed E-state index contributed by atoms with van der Waals surface area (Å²) in [6.45, 7) is 1.45. The van der Waals surface area contributed by atoms with Crippen LogP contribution in [0.4, 0.5) is 28.7 Å². The molecule has 1 aliphatic rings. The summed E-state index contributed by atoms with van der Waals surface area (Å²) in [5.74, 6) is 0.869. The van der Waals surface area contributed by atoms with Crippen molar-refractivity contribution in [3.05, 3.63) is 35.5 Å². The summed E-state index contributed by atoms with van der Waals surface area (Å²) >= 11 is 6.15. The number of nitrogens with zero attached hydrogens (tertiary/aromatic N) is 3. The maximum absolute atomic E-state index is 11.3. The maximum Gasteiger partial charge on any atom is 0.221 e. The molecular formula is C17H18ClN7O. The third-order valence-corrected chi connectivity index (χ3v) is 4.14. The van der Waals surface area contributed by atoms with Crippen LogP contribution < -0.4 is 21.7 Å². The average molecular weight is 372 g/mol. The van der Waals surface area contributed by atoms with Crippen LogP contribution in [-0.4, -0.2) is 26.5 Å². The van der Waals surface area contributed by atoms with Crippen LogP contribution >= 0.6 is 11.6 Å². The van der Waals surface area contributed by atoms with Gasteiger partial charge in [-0.25, -0.2) is 4.98 Å². The van der Waals surface area contributed by atoms with Crippen LogP contribution in [0, 0.1) is 0 Å². The molecular weight excluding hydrogens is 354 g/mol. The second kappa shape index (κ2) is 6.38. The van der Waals surface area contributed by atoms with Crippen molar-refractivity contribution >= 4 is 51.9 Å². The number of nitrogen functional groups attached to an aromatic ring is 1. The Balaban J connectivity index is 1.69. The van der Waals surface area contributed by atoms with Crippen LogP contribution in [0.25, 0.3) is 5.65 Å². The first-order valence-electron chi connectivity index (χ1n) is 8.24. The Morgan fingerprint density at radius 3 is 2.77 bits per heavy atom. The van der Waals surface area contributed by atoms with Crippen LogP contribution in [0.15, 0.2) is 30.5 Å². The van der Waals surface area contributed by atoms with E-state index in [1.807, 2.05) is 6.07 Å². The number of hydrogen-bond acceptors (Lipinski definition) is 6. The Morgan fingerprint density at radius 2 is 2.04 bits per heavy atom. The fourth-order valence-corrected chi connectivity index (χ4v) is 2.92. The Kier molecular flexibility index (Phi) is 4.04. The van der Waals surface area contributed by atoms with Crippen LogP contribution in [-0.2, 0) is 4.79 Å². The van der Waals surface area contributed by atoms with Gasteiger partial charge in [0.2, 0.25) is 5.91 Å². The second-order valence-corrected chi connectivity index (χ2v) is 6.75. The molecule has 5 N–H and O–H groups in total. The van der Waals surface area contributed by atoms with Gasteiger partial charge < -0.3 is 21.7 Å². The van der Waals surface area contributed by atoms with Crippen molar-refractivity contribution in [2.75, 3.05) is 21.7 Å². The predicted octanol–water partition coefficient (Wildman–Crippen LogP) is 3.24. The van der Waals surface area contributed by atoms with Crippen molar-refractivity contribution in [3.63, 3.8) is 0 Å². The van der Waals surface area contributed by atoms with Gasteiger partial charge in [0.05, 0.1) is 11.9 Å². The molecule has 9 heteroatoms. The summed E-state index contributed by atoms with van der Waals surface area (Å²) in [6.07, 6.45) is 3.86. The van der Waals surface area contributed by atoms with Gasteiger partial charge in [-0.15, -0.1) is 5.10 Å². The molecule has 0 saturated heterocycles. The number of benzene rings is 1. The highest BCUT2D eigenvalue weighted by Crippen LogP contribution is 2.30. The highest BCUT2D eigenvalue weighted by molar-refractivity contribution is 6.31. The summed E-state index contributed by atoms with van der Waals surface area (Å²) < 4.78 is 1.59. The summed E-state index contributed by atoms with van der Waals surface area (Å²) in [5.41, 5.74) is 8.82.